The van der Waals surface area contributed by atoms with Crippen molar-refractivity contribution in [3.05, 3.63) is 89.5 Å². The van der Waals surface area contributed by atoms with Gasteiger partial charge in [-0.15, -0.1) is 11.8 Å². The van der Waals surface area contributed by atoms with E-state index in [9.17, 15) is 19.5 Å². The highest BCUT2D eigenvalue weighted by Gasteiger charge is 2.15. The highest BCUT2D eigenvalue weighted by atomic mass is 32.2. The van der Waals surface area contributed by atoms with Crippen LogP contribution in [0, 0.1) is 6.92 Å². The van der Waals surface area contributed by atoms with E-state index in [1.54, 1.807) is 36.4 Å². The molecule has 30 heavy (non-hydrogen) atoms. The summed E-state index contributed by atoms with van der Waals surface area (Å²) in [5, 5.41) is 14.7. The molecule has 0 aliphatic carbocycles. The fourth-order valence-electron chi connectivity index (χ4n) is 2.68. The van der Waals surface area contributed by atoms with Crippen LogP contribution in [-0.4, -0.2) is 28.6 Å². The Kier molecular flexibility index (Phi) is 6.87. The first-order chi connectivity index (χ1) is 14.4. The molecule has 7 heteroatoms. The lowest BCUT2D eigenvalue weighted by atomic mass is 10.1. The van der Waals surface area contributed by atoms with E-state index in [1.807, 2.05) is 31.2 Å². The molecule has 3 N–H and O–H groups in total. The molecule has 0 heterocycles. The van der Waals surface area contributed by atoms with Crippen molar-refractivity contribution in [2.45, 2.75) is 11.8 Å². The summed E-state index contributed by atoms with van der Waals surface area (Å²) >= 11 is 1.38. The van der Waals surface area contributed by atoms with Gasteiger partial charge >= 0.3 is 5.97 Å². The van der Waals surface area contributed by atoms with E-state index < -0.39 is 11.9 Å². The third kappa shape index (κ3) is 5.71. The minimum atomic E-state index is -1.16. The van der Waals surface area contributed by atoms with Crippen molar-refractivity contribution in [1.29, 1.82) is 0 Å². The molecule has 0 unspecified atom stereocenters. The van der Waals surface area contributed by atoms with Crippen molar-refractivity contribution in [3.63, 3.8) is 0 Å². The second kappa shape index (κ2) is 9.76. The van der Waals surface area contributed by atoms with E-state index in [1.165, 1.54) is 23.9 Å². The summed E-state index contributed by atoms with van der Waals surface area (Å²) in [4.78, 5) is 36.6. The van der Waals surface area contributed by atoms with Crippen molar-refractivity contribution in [2.75, 3.05) is 16.4 Å². The number of rotatable bonds is 7. The lowest BCUT2D eigenvalue weighted by Gasteiger charge is -2.09. The van der Waals surface area contributed by atoms with Gasteiger partial charge in [0.1, 0.15) is 0 Å². The summed E-state index contributed by atoms with van der Waals surface area (Å²) in [5.74, 6) is -1.50. The zero-order valence-corrected chi connectivity index (χ0v) is 17.0. The Bertz CT molecular complexity index is 1060. The summed E-state index contributed by atoms with van der Waals surface area (Å²) in [6.07, 6.45) is 0. The van der Waals surface area contributed by atoms with Crippen LogP contribution in [0.4, 0.5) is 11.4 Å². The first-order valence-corrected chi connectivity index (χ1v) is 10.1. The van der Waals surface area contributed by atoms with Crippen LogP contribution in [-0.2, 0) is 4.79 Å². The second-order valence-electron chi connectivity index (χ2n) is 6.53. The molecule has 3 aromatic rings. The van der Waals surface area contributed by atoms with Gasteiger partial charge in [0.25, 0.3) is 5.91 Å². The molecule has 0 aromatic heterocycles. The van der Waals surface area contributed by atoms with Crippen molar-refractivity contribution in [2.24, 2.45) is 0 Å². The number of carbonyl (C=O) groups is 3. The quantitative estimate of drug-likeness (QED) is 0.483. The van der Waals surface area contributed by atoms with Gasteiger partial charge in [0.05, 0.1) is 16.9 Å². The van der Waals surface area contributed by atoms with E-state index in [-0.39, 0.29) is 22.8 Å². The molecule has 6 nitrogen and oxygen atoms in total. The SMILES string of the molecule is Cc1ccc(NC(=O)CSc2ccc(NC(=O)c3ccccc3C(=O)O)cc2)cc1. The molecule has 152 valence electrons. The third-order valence-corrected chi connectivity index (χ3v) is 5.23. The minimum absolute atomic E-state index is 0.0539. The molecular formula is C23H20N2O4S. The number of aryl methyl sites for hydroxylation is 1. The Morgan fingerprint density at radius 2 is 1.37 bits per heavy atom. The standard InChI is InChI=1S/C23H20N2O4S/c1-15-6-8-16(9-7-15)24-21(26)14-30-18-12-10-17(11-13-18)25-22(27)19-4-2-3-5-20(19)23(28)29/h2-13H,14H2,1H3,(H,24,26)(H,25,27)(H,28,29). The molecule has 0 atom stereocenters. The molecule has 0 fully saturated rings. The number of nitrogens with one attached hydrogen (secondary N) is 2. The van der Waals surface area contributed by atoms with E-state index in [4.69, 9.17) is 0 Å². The van der Waals surface area contributed by atoms with Gasteiger partial charge in [-0.1, -0.05) is 29.8 Å². The highest BCUT2D eigenvalue weighted by Crippen LogP contribution is 2.21. The Hall–Kier alpha value is -3.58. The number of aromatic carboxylic acids is 1. The number of carboxylic acid groups (broad SMARTS) is 1. The maximum atomic E-state index is 12.4. The first-order valence-electron chi connectivity index (χ1n) is 9.15. The second-order valence-corrected chi connectivity index (χ2v) is 7.58. The topological polar surface area (TPSA) is 95.5 Å². The number of hydrogen-bond acceptors (Lipinski definition) is 4. The molecule has 3 rings (SSSR count). The highest BCUT2D eigenvalue weighted by molar-refractivity contribution is 8.00. The summed E-state index contributed by atoms with van der Waals surface area (Å²) in [7, 11) is 0. The van der Waals surface area contributed by atoms with Gasteiger partial charge in [0.2, 0.25) is 5.91 Å². The lowest BCUT2D eigenvalue weighted by Crippen LogP contribution is -2.16. The van der Waals surface area contributed by atoms with Crippen molar-refractivity contribution in [3.8, 4) is 0 Å². The number of carbonyl (C=O) groups excluding carboxylic acids is 2. The number of thioether (sulfide) groups is 1. The maximum Gasteiger partial charge on any atom is 0.336 e. The summed E-state index contributed by atoms with van der Waals surface area (Å²) in [6, 6.07) is 20.6. The smallest absolute Gasteiger partial charge is 0.336 e. The van der Waals surface area contributed by atoms with Crippen LogP contribution in [0.2, 0.25) is 0 Å². The molecule has 0 saturated heterocycles. The first kappa shape index (κ1) is 21.1. The summed E-state index contributed by atoms with van der Waals surface area (Å²) < 4.78 is 0. The van der Waals surface area contributed by atoms with Gasteiger partial charge in [-0.2, -0.15) is 0 Å². The average Bonchev–Trinajstić information content (AvgIpc) is 2.75. The van der Waals surface area contributed by atoms with Crippen LogP contribution < -0.4 is 10.6 Å². The van der Waals surface area contributed by atoms with E-state index >= 15 is 0 Å². The lowest BCUT2D eigenvalue weighted by molar-refractivity contribution is -0.113. The number of hydrogen-bond donors (Lipinski definition) is 3. The molecule has 0 aliphatic rings. The van der Waals surface area contributed by atoms with E-state index in [2.05, 4.69) is 10.6 Å². The van der Waals surface area contributed by atoms with Gasteiger partial charge < -0.3 is 15.7 Å². The van der Waals surface area contributed by atoms with E-state index in [0.717, 1.165) is 16.1 Å². The van der Waals surface area contributed by atoms with Crippen LogP contribution in [0.3, 0.4) is 0 Å². The number of carboxylic acids is 1. The zero-order valence-electron chi connectivity index (χ0n) is 16.2. The summed E-state index contributed by atoms with van der Waals surface area (Å²) in [6.45, 7) is 1.98. The molecule has 2 amide bonds. The van der Waals surface area contributed by atoms with Crippen molar-refractivity contribution in [1.82, 2.24) is 0 Å². The number of benzene rings is 3. The van der Waals surface area contributed by atoms with Crippen LogP contribution >= 0.6 is 11.8 Å². The van der Waals surface area contributed by atoms with Crippen LogP contribution in [0.15, 0.2) is 77.7 Å². The van der Waals surface area contributed by atoms with Crippen LogP contribution in [0.5, 0.6) is 0 Å². The normalized spacial score (nSPS) is 10.3. The molecule has 0 radical (unpaired) electrons. The van der Waals surface area contributed by atoms with Gasteiger partial charge in [0.15, 0.2) is 0 Å². The predicted molar refractivity (Wildman–Crippen MR) is 118 cm³/mol. The van der Waals surface area contributed by atoms with Crippen molar-refractivity contribution < 1.29 is 19.5 Å². The third-order valence-electron chi connectivity index (χ3n) is 4.22. The van der Waals surface area contributed by atoms with Gasteiger partial charge in [0, 0.05) is 16.3 Å². The number of amides is 2. The van der Waals surface area contributed by atoms with Gasteiger partial charge in [-0.25, -0.2) is 4.79 Å². The molecule has 0 saturated carbocycles. The fourth-order valence-corrected chi connectivity index (χ4v) is 3.38. The van der Waals surface area contributed by atoms with E-state index in [0.29, 0.717) is 5.69 Å². The Morgan fingerprint density at radius 3 is 2.00 bits per heavy atom. The number of anilines is 2. The van der Waals surface area contributed by atoms with Crippen molar-refractivity contribution >= 4 is 40.9 Å². The van der Waals surface area contributed by atoms with Gasteiger partial charge in [-0.05, 0) is 55.5 Å². The van der Waals surface area contributed by atoms with Crippen LogP contribution in [0.25, 0.3) is 0 Å². The Labute approximate surface area is 178 Å². The summed E-state index contributed by atoms with van der Waals surface area (Å²) in [5.41, 5.74) is 2.46. The maximum absolute atomic E-state index is 12.4. The molecule has 3 aromatic carbocycles. The Balaban J connectivity index is 1.55. The van der Waals surface area contributed by atoms with Crippen LogP contribution in [0.1, 0.15) is 26.3 Å². The van der Waals surface area contributed by atoms with Gasteiger partial charge in [-0.3, -0.25) is 9.59 Å². The molecule has 0 aliphatic heterocycles. The average molecular weight is 420 g/mol. The largest absolute Gasteiger partial charge is 0.478 e. The minimum Gasteiger partial charge on any atom is -0.478 e. The monoisotopic (exact) mass is 420 g/mol. The fraction of sp³-hybridized carbons (Fsp3) is 0.0870. The molecule has 0 spiro atoms. The molecular weight excluding hydrogens is 400 g/mol. The Morgan fingerprint density at radius 1 is 0.800 bits per heavy atom. The molecule has 0 bridgehead atoms. The zero-order chi connectivity index (χ0) is 21.5. The predicted octanol–water partition coefficient (Wildman–Crippen LogP) is 4.68.